The molecule has 8 nitrogen and oxygen atoms in total. The van der Waals surface area contributed by atoms with Crippen LogP contribution >= 0.6 is 11.3 Å². The molecule has 0 aromatic carbocycles. The first-order valence-electron chi connectivity index (χ1n) is 5.65. The van der Waals surface area contributed by atoms with E-state index in [9.17, 15) is 8.42 Å². The topological polar surface area (TPSA) is 118 Å². The molecule has 106 valence electrons. The Balaban J connectivity index is 2.13. The summed E-state index contributed by atoms with van der Waals surface area (Å²) in [6, 6.07) is 0. The summed E-state index contributed by atoms with van der Waals surface area (Å²) in [6.07, 6.45) is 1.62. The number of hydrogen-bond acceptors (Lipinski definition) is 6. The second-order valence-electron chi connectivity index (χ2n) is 4.27. The fourth-order valence-corrected chi connectivity index (χ4v) is 4.11. The third-order valence-corrected chi connectivity index (χ3v) is 5.01. The molecule has 0 unspecified atom stereocenters. The molecule has 3 aromatic rings. The number of sulfonamides is 1. The first kappa shape index (κ1) is 12.9. The number of hydrogen-bond donors (Lipinski definition) is 3. The normalized spacial score (nSPS) is 12.1. The van der Waals surface area contributed by atoms with Crippen LogP contribution in [0.4, 0.5) is 11.5 Å². The Kier molecular flexibility index (Phi) is 2.73. The van der Waals surface area contributed by atoms with Gasteiger partial charge in [-0.2, -0.15) is 13.5 Å². The summed E-state index contributed by atoms with van der Waals surface area (Å²) >= 11 is 1.31. The van der Waals surface area contributed by atoms with Crippen molar-refractivity contribution in [3.63, 3.8) is 0 Å². The van der Waals surface area contributed by atoms with Crippen LogP contribution in [-0.2, 0) is 10.0 Å². The van der Waals surface area contributed by atoms with Gasteiger partial charge in [0.05, 0.1) is 17.1 Å². The Labute approximate surface area is 118 Å². The average Bonchev–Trinajstić information content (AvgIpc) is 2.98. The fourth-order valence-electron chi connectivity index (χ4n) is 1.93. The van der Waals surface area contributed by atoms with E-state index >= 15 is 0 Å². The summed E-state index contributed by atoms with van der Waals surface area (Å²) in [5.74, 6) is -0.0249. The van der Waals surface area contributed by atoms with Crippen molar-refractivity contribution < 1.29 is 8.42 Å². The smallest absolute Gasteiger partial charge is 0.281 e. The maximum Gasteiger partial charge on any atom is 0.281 e. The average molecular weight is 312 g/mol. The molecule has 0 saturated carbocycles. The van der Waals surface area contributed by atoms with Crippen LogP contribution in [0, 0.1) is 13.8 Å². The molecule has 3 rings (SSSR count). The van der Waals surface area contributed by atoms with Crippen LogP contribution < -0.4 is 10.5 Å². The molecular formula is C10H12N6O2S2. The molecular weight excluding hydrogens is 300 g/mol. The van der Waals surface area contributed by atoms with Crippen molar-refractivity contribution in [1.29, 1.82) is 0 Å². The SMILES string of the molecule is Cc1n[nH]c(C)c1NS(=O)(=O)c1c(N)nc2sccn12. The Morgan fingerprint density at radius 1 is 1.45 bits per heavy atom. The van der Waals surface area contributed by atoms with E-state index in [0.29, 0.717) is 22.0 Å². The van der Waals surface area contributed by atoms with Gasteiger partial charge in [-0.15, -0.1) is 11.3 Å². The maximum absolute atomic E-state index is 12.5. The molecule has 0 aliphatic rings. The van der Waals surface area contributed by atoms with Crippen molar-refractivity contribution in [1.82, 2.24) is 19.6 Å². The van der Waals surface area contributed by atoms with Gasteiger partial charge >= 0.3 is 0 Å². The lowest BCUT2D eigenvalue weighted by Crippen LogP contribution is -2.17. The fraction of sp³-hybridized carbons (Fsp3) is 0.200. The van der Waals surface area contributed by atoms with Crippen molar-refractivity contribution in [3.8, 4) is 0 Å². The van der Waals surface area contributed by atoms with E-state index in [1.54, 1.807) is 25.4 Å². The van der Waals surface area contributed by atoms with E-state index in [-0.39, 0.29) is 10.8 Å². The van der Waals surface area contributed by atoms with Crippen molar-refractivity contribution in [2.75, 3.05) is 10.5 Å². The second-order valence-corrected chi connectivity index (χ2v) is 6.74. The number of fused-ring (bicyclic) bond motifs is 1. The van der Waals surface area contributed by atoms with Gasteiger partial charge in [0.1, 0.15) is 0 Å². The molecule has 0 fully saturated rings. The van der Waals surface area contributed by atoms with E-state index in [2.05, 4.69) is 19.9 Å². The number of rotatable bonds is 3. The Bertz CT molecular complexity index is 869. The van der Waals surface area contributed by atoms with E-state index in [0.717, 1.165) is 0 Å². The van der Waals surface area contributed by atoms with Crippen LogP contribution in [0.25, 0.3) is 4.96 Å². The third-order valence-electron chi connectivity index (χ3n) is 2.86. The lowest BCUT2D eigenvalue weighted by Gasteiger charge is -2.07. The van der Waals surface area contributed by atoms with Gasteiger partial charge in [-0.25, -0.2) is 4.98 Å². The van der Waals surface area contributed by atoms with Crippen molar-refractivity contribution in [2.24, 2.45) is 0 Å². The number of anilines is 2. The number of H-pyrrole nitrogens is 1. The first-order chi connectivity index (χ1) is 9.40. The van der Waals surface area contributed by atoms with Crippen molar-refractivity contribution in [3.05, 3.63) is 23.0 Å². The van der Waals surface area contributed by atoms with Gasteiger partial charge < -0.3 is 5.73 Å². The quantitative estimate of drug-likeness (QED) is 0.669. The molecule has 0 spiro atoms. The number of aromatic amines is 1. The number of imidazole rings is 1. The van der Waals surface area contributed by atoms with Crippen molar-refractivity contribution in [2.45, 2.75) is 18.9 Å². The Morgan fingerprint density at radius 2 is 2.20 bits per heavy atom. The first-order valence-corrected chi connectivity index (χ1v) is 8.02. The lowest BCUT2D eigenvalue weighted by atomic mass is 10.3. The summed E-state index contributed by atoms with van der Waals surface area (Å²) in [5, 5.41) is 8.36. The van der Waals surface area contributed by atoms with Crippen LogP contribution in [0.5, 0.6) is 0 Å². The van der Waals surface area contributed by atoms with Crippen LogP contribution in [0.3, 0.4) is 0 Å². The molecule has 0 amide bonds. The van der Waals surface area contributed by atoms with Gasteiger partial charge in [0.15, 0.2) is 10.8 Å². The van der Waals surface area contributed by atoms with Crippen LogP contribution in [0.1, 0.15) is 11.4 Å². The van der Waals surface area contributed by atoms with E-state index in [1.807, 2.05) is 0 Å². The highest BCUT2D eigenvalue weighted by Crippen LogP contribution is 2.27. The highest BCUT2D eigenvalue weighted by atomic mass is 32.2. The Hall–Kier alpha value is -2.07. The number of nitrogen functional groups attached to an aromatic ring is 1. The molecule has 0 atom stereocenters. The largest absolute Gasteiger partial charge is 0.381 e. The molecule has 0 bridgehead atoms. The van der Waals surface area contributed by atoms with Crippen molar-refractivity contribution >= 4 is 37.8 Å². The monoisotopic (exact) mass is 312 g/mol. The summed E-state index contributed by atoms with van der Waals surface area (Å²) in [7, 11) is -3.84. The van der Waals surface area contributed by atoms with Gasteiger partial charge in [-0.3, -0.25) is 14.2 Å². The zero-order chi connectivity index (χ0) is 14.5. The zero-order valence-corrected chi connectivity index (χ0v) is 12.3. The molecule has 4 N–H and O–H groups in total. The molecule has 0 aliphatic carbocycles. The minimum absolute atomic E-state index is 0.0249. The minimum Gasteiger partial charge on any atom is -0.381 e. The highest BCUT2D eigenvalue weighted by Gasteiger charge is 2.26. The second kappa shape index (κ2) is 4.21. The molecule has 0 saturated heterocycles. The number of nitrogens with two attached hydrogens (primary N) is 1. The number of aromatic nitrogens is 4. The number of aryl methyl sites for hydroxylation is 2. The summed E-state index contributed by atoms with van der Waals surface area (Å²) < 4.78 is 29.0. The van der Waals surface area contributed by atoms with Gasteiger partial charge in [-0.1, -0.05) is 0 Å². The van der Waals surface area contributed by atoms with Gasteiger partial charge in [0, 0.05) is 11.6 Å². The molecule has 3 aromatic heterocycles. The minimum atomic E-state index is -3.84. The predicted molar refractivity (Wildman–Crippen MR) is 76.4 cm³/mol. The highest BCUT2D eigenvalue weighted by molar-refractivity contribution is 7.92. The standard InChI is InChI=1S/C10H12N6O2S2/c1-5-7(6(2)14-13-5)15-20(17,18)9-8(11)12-10-16(9)3-4-19-10/h3-4,15H,11H2,1-2H3,(H,13,14). The van der Waals surface area contributed by atoms with E-state index in [4.69, 9.17) is 5.73 Å². The number of thiazole rings is 1. The summed E-state index contributed by atoms with van der Waals surface area (Å²) in [4.78, 5) is 4.56. The maximum atomic E-state index is 12.5. The van der Waals surface area contributed by atoms with Gasteiger partial charge in [0.25, 0.3) is 10.0 Å². The molecule has 3 heterocycles. The van der Waals surface area contributed by atoms with Crippen LogP contribution in [0.15, 0.2) is 16.6 Å². The molecule has 10 heteroatoms. The Morgan fingerprint density at radius 3 is 2.85 bits per heavy atom. The molecule has 0 aliphatic heterocycles. The number of nitrogens with zero attached hydrogens (tertiary/aromatic N) is 3. The van der Waals surface area contributed by atoms with Gasteiger partial charge in [0.2, 0.25) is 5.03 Å². The van der Waals surface area contributed by atoms with Crippen LogP contribution in [0.2, 0.25) is 0 Å². The lowest BCUT2D eigenvalue weighted by molar-refractivity contribution is 0.597. The summed E-state index contributed by atoms with van der Waals surface area (Å²) in [5.41, 5.74) is 7.35. The van der Waals surface area contributed by atoms with E-state index in [1.165, 1.54) is 15.7 Å². The number of nitrogens with one attached hydrogen (secondary N) is 2. The van der Waals surface area contributed by atoms with Crippen LogP contribution in [-0.4, -0.2) is 28.0 Å². The van der Waals surface area contributed by atoms with E-state index < -0.39 is 10.0 Å². The third kappa shape index (κ3) is 1.84. The predicted octanol–water partition coefficient (Wildman–Crippen LogP) is 1.12. The van der Waals surface area contributed by atoms with Gasteiger partial charge in [-0.05, 0) is 13.8 Å². The molecule has 0 radical (unpaired) electrons. The zero-order valence-electron chi connectivity index (χ0n) is 10.7. The molecule has 20 heavy (non-hydrogen) atoms. The summed E-state index contributed by atoms with van der Waals surface area (Å²) in [6.45, 7) is 3.44.